The minimum absolute atomic E-state index is 0.00580. The molecule has 4 heterocycles. The van der Waals surface area contributed by atoms with Crippen molar-refractivity contribution in [2.24, 2.45) is 5.41 Å². The molecule has 1 N–H and O–H groups in total. The summed E-state index contributed by atoms with van der Waals surface area (Å²) in [5, 5.41) is 3.42. The molecule has 1 saturated carbocycles. The monoisotopic (exact) mass is 562 g/mol. The van der Waals surface area contributed by atoms with Crippen LogP contribution in [0.1, 0.15) is 64.8 Å². The number of likely N-dealkylation sites (tertiary alicyclic amines) is 1. The second kappa shape index (κ2) is 10.8. The van der Waals surface area contributed by atoms with Crippen molar-refractivity contribution in [1.82, 2.24) is 24.0 Å². The number of nitrogens with zero attached hydrogens (tertiary/aromatic N) is 5. The number of hydrogen-bond acceptors (Lipinski definition) is 7. The first-order valence-corrected chi connectivity index (χ1v) is 14.4. The van der Waals surface area contributed by atoms with Gasteiger partial charge in [-0.2, -0.15) is 0 Å². The van der Waals surface area contributed by atoms with Crippen LogP contribution in [0.5, 0.6) is 0 Å². The van der Waals surface area contributed by atoms with E-state index in [9.17, 15) is 18.8 Å². The molecular weight excluding hydrogens is 527 g/mol. The Balaban J connectivity index is 1.23. The van der Waals surface area contributed by atoms with Crippen LogP contribution in [0, 0.1) is 11.2 Å². The Morgan fingerprint density at radius 2 is 1.66 bits per heavy atom. The van der Waals surface area contributed by atoms with Gasteiger partial charge in [0.1, 0.15) is 5.82 Å². The molecule has 0 spiro atoms. The Morgan fingerprint density at radius 3 is 2.32 bits per heavy atom. The van der Waals surface area contributed by atoms with Crippen LogP contribution in [0.15, 0.2) is 47.5 Å². The molecule has 3 aromatic rings. The molecule has 2 saturated heterocycles. The maximum atomic E-state index is 13.7. The third kappa shape index (κ3) is 5.30. The maximum Gasteiger partial charge on any atom is 0.333 e. The molecular formula is C30H35FN6O4. The number of imide groups is 1. The highest BCUT2D eigenvalue weighted by molar-refractivity contribution is 6.05. The van der Waals surface area contributed by atoms with Crippen molar-refractivity contribution in [2.75, 3.05) is 18.5 Å². The minimum Gasteiger partial charge on any atom is -0.381 e. The zero-order valence-electron chi connectivity index (χ0n) is 23.4. The number of nitrogens with one attached hydrogen (secondary N) is 1. The van der Waals surface area contributed by atoms with Gasteiger partial charge in [-0.3, -0.25) is 23.6 Å². The lowest BCUT2D eigenvalue weighted by Crippen LogP contribution is -2.45. The van der Waals surface area contributed by atoms with Gasteiger partial charge in [-0.15, -0.1) is 0 Å². The zero-order valence-corrected chi connectivity index (χ0v) is 23.4. The Hall–Kier alpha value is -3.86. The Morgan fingerprint density at radius 1 is 0.951 bits per heavy atom. The molecule has 1 aliphatic carbocycles. The Kier molecular flexibility index (Phi) is 7.23. The zero-order chi connectivity index (χ0) is 28.7. The summed E-state index contributed by atoms with van der Waals surface area (Å²) < 4.78 is 22.5. The normalized spacial score (nSPS) is 23.2. The molecule has 0 radical (unpaired) electrons. The smallest absolute Gasteiger partial charge is 0.333 e. The molecule has 10 nitrogen and oxygen atoms in total. The topological polar surface area (TPSA) is 111 Å². The van der Waals surface area contributed by atoms with Crippen LogP contribution < -0.4 is 11.0 Å². The van der Waals surface area contributed by atoms with E-state index in [1.54, 1.807) is 33.5 Å². The number of anilines is 1. The molecule has 216 valence electrons. The number of hydrogen-bond donors (Lipinski definition) is 1. The number of aromatic nitrogens is 4. The number of carbonyl (C=O) groups excluding carboxylic acids is 2. The molecule has 2 aliphatic heterocycles. The fourth-order valence-corrected chi connectivity index (χ4v) is 6.29. The summed E-state index contributed by atoms with van der Waals surface area (Å²) >= 11 is 0. The molecule has 3 fully saturated rings. The minimum atomic E-state index is -0.626. The van der Waals surface area contributed by atoms with Crippen LogP contribution in [0.3, 0.4) is 0 Å². The van der Waals surface area contributed by atoms with Gasteiger partial charge in [0.05, 0.1) is 22.5 Å². The number of carbonyl (C=O) groups is 2. The number of benzene rings is 1. The lowest BCUT2D eigenvalue weighted by atomic mass is 9.89. The molecule has 3 aliphatic rings. The lowest BCUT2D eigenvalue weighted by molar-refractivity contribution is -0.144. The molecule has 0 unspecified atom stereocenters. The average molecular weight is 563 g/mol. The van der Waals surface area contributed by atoms with Crippen molar-refractivity contribution >= 4 is 17.8 Å². The van der Waals surface area contributed by atoms with Crippen LogP contribution in [0.2, 0.25) is 0 Å². The highest BCUT2D eigenvalue weighted by Gasteiger charge is 2.48. The summed E-state index contributed by atoms with van der Waals surface area (Å²) in [6.45, 7) is 4.85. The standard InChI is InChI=1S/C30H35FN6O4/c1-30(2)17-26(38)37(27(30)39)23-9-5-20(6-10-23)33-28-32-14-11-24(34-28)25-18-35(21-12-15-41-16-13-21)29(40)36(25)22-7-3-19(31)4-8-22/h3-4,7-8,11,14,18,20-21,23H,5-6,9-10,12-13,15-17H2,1-2H3,(H,32,33,34). The van der Waals surface area contributed by atoms with Crippen LogP contribution >= 0.6 is 0 Å². The van der Waals surface area contributed by atoms with E-state index >= 15 is 0 Å². The average Bonchev–Trinajstić information content (AvgIpc) is 3.41. The van der Waals surface area contributed by atoms with Crippen LogP contribution in [-0.4, -0.2) is 61.1 Å². The third-order valence-electron chi connectivity index (χ3n) is 8.56. The van der Waals surface area contributed by atoms with Crippen LogP contribution in [0.4, 0.5) is 10.3 Å². The molecule has 2 amide bonds. The van der Waals surface area contributed by atoms with Crippen molar-refractivity contribution in [2.45, 2.75) is 76.9 Å². The van der Waals surface area contributed by atoms with Gasteiger partial charge in [0, 0.05) is 50.2 Å². The van der Waals surface area contributed by atoms with Crippen molar-refractivity contribution in [3.8, 4) is 17.1 Å². The molecule has 11 heteroatoms. The third-order valence-corrected chi connectivity index (χ3v) is 8.56. The fourth-order valence-electron chi connectivity index (χ4n) is 6.29. The van der Waals surface area contributed by atoms with E-state index in [2.05, 4.69) is 10.3 Å². The Labute approximate surface area is 237 Å². The van der Waals surface area contributed by atoms with E-state index < -0.39 is 5.41 Å². The van der Waals surface area contributed by atoms with E-state index in [0.717, 1.165) is 38.5 Å². The van der Waals surface area contributed by atoms with Crippen molar-refractivity contribution in [3.63, 3.8) is 0 Å². The van der Waals surface area contributed by atoms with Gasteiger partial charge in [0.15, 0.2) is 0 Å². The fraction of sp³-hybridized carbons (Fsp3) is 0.500. The molecule has 0 atom stereocenters. The molecule has 2 aromatic heterocycles. The molecule has 1 aromatic carbocycles. The van der Waals surface area contributed by atoms with Gasteiger partial charge >= 0.3 is 5.69 Å². The summed E-state index contributed by atoms with van der Waals surface area (Å²) in [4.78, 5) is 49.7. The van der Waals surface area contributed by atoms with Crippen molar-refractivity contribution in [3.05, 3.63) is 59.0 Å². The predicted octanol–water partition coefficient (Wildman–Crippen LogP) is 4.09. The van der Waals surface area contributed by atoms with E-state index in [1.807, 2.05) is 20.0 Å². The number of ether oxygens (including phenoxy) is 1. The summed E-state index contributed by atoms with van der Waals surface area (Å²) in [7, 11) is 0. The van der Waals surface area contributed by atoms with Crippen LogP contribution in [0.25, 0.3) is 17.1 Å². The number of halogens is 1. The van der Waals surface area contributed by atoms with Crippen molar-refractivity contribution in [1.29, 1.82) is 0 Å². The number of imidazole rings is 1. The predicted molar refractivity (Wildman–Crippen MR) is 150 cm³/mol. The van der Waals surface area contributed by atoms with Crippen molar-refractivity contribution < 1.29 is 18.7 Å². The highest BCUT2D eigenvalue weighted by Crippen LogP contribution is 2.37. The van der Waals surface area contributed by atoms with Gasteiger partial charge in [-0.05, 0) is 68.9 Å². The van der Waals surface area contributed by atoms with E-state index in [-0.39, 0.29) is 47.9 Å². The highest BCUT2D eigenvalue weighted by atomic mass is 19.1. The lowest BCUT2D eigenvalue weighted by Gasteiger charge is -2.34. The number of rotatable bonds is 6. The SMILES string of the molecule is CC1(C)CC(=O)N(C2CCC(Nc3nccc(-c4cn(C5CCOCC5)c(=O)n4-c4ccc(F)cc4)n3)CC2)C1=O. The van der Waals surface area contributed by atoms with Gasteiger partial charge in [-0.25, -0.2) is 19.2 Å². The molecule has 6 rings (SSSR count). The van der Waals surface area contributed by atoms with Gasteiger partial charge in [-0.1, -0.05) is 13.8 Å². The quantitative estimate of drug-likeness (QED) is 0.451. The largest absolute Gasteiger partial charge is 0.381 e. The maximum absolute atomic E-state index is 13.7. The molecule has 0 bridgehead atoms. The van der Waals surface area contributed by atoms with E-state index in [4.69, 9.17) is 9.72 Å². The first-order chi connectivity index (χ1) is 19.7. The number of amides is 2. The van der Waals surface area contributed by atoms with Gasteiger partial charge in [0.25, 0.3) is 0 Å². The second-order valence-corrected chi connectivity index (χ2v) is 11.9. The first kappa shape index (κ1) is 27.3. The summed E-state index contributed by atoms with van der Waals surface area (Å²) in [5.41, 5.74) is 0.880. The summed E-state index contributed by atoms with van der Waals surface area (Å²) in [6, 6.07) is 7.64. The first-order valence-electron chi connectivity index (χ1n) is 14.4. The summed E-state index contributed by atoms with van der Waals surface area (Å²) in [5.74, 6) is -0.0860. The second-order valence-electron chi connectivity index (χ2n) is 11.9. The Bertz CT molecular complexity index is 1500. The summed E-state index contributed by atoms with van der Waals surface area (Å²) in [6.07, 6.45) is 8.22. The molecule has 41 heavy (non-hydrogen) atoms. The van der Waals surface area contributed by atoms with Crippen LogP contribution in [-0.2, 0) is 14.3 Å². The van der Waals surface area contributed by atoms with Gasteiger partial charge < -0.3 is 10.1 Å². The van der Waals surface area contributed by atoms with E-state index in [1.165, 1.54) is 17.0 Å². The van der Waals surface area contributed by atoms with Gasteiger partial charge in [0.2, 0.25) is 17.8 Å². The van der Waals surface area contributed by atoms with E-state index in [0.29, 0.717) is 36.2 Å².